The van der Waals surface area contributed by atoms with Crippen LogP contribution < -0.4 is 20.7 Å². The van der Waals surface area contributed by atoms with Crippen LogP contribution in [0.1, 0.15) is 26.3 Å². The average Bonchev–Trinajstić information content (AvgIpc) is 3.37. The predicted octanol–water partition coefficient (Wildman–Crippen LogP) is 5.04. The first kappa shape index (κ1) is 26.6. The van der Waals surface area contributed by atoms with Crippen LogP contribution in [0.2, 0.25) is 0 Å². The summed E-state index contributed by atoms with van der Waals surface area (Å²) in [5, 5.41) is 9.57. The summed E-state index contributed by atoms with van der Waals surface area (Å²) in [5.74, 6) is 0. The first-order valence-electron chi connectivity index (χ1n) is 11.6. The van der Waals surface area contributed by atoms with Crippen molar-refractivity contribution >= 4 is 40.1 Å². The molecule has 2 amide bonds. The third kappa shape index (κ3) is 7.26. The number of carbonyl (C=O) groups is 1. The molecule has 192 valence electrons. The monoisotopic (exact) mass is 535 g/mol. The molecule has 4 aromatic rings. The van der Waals surface area contributed by atoms with Gasteiger partial charge in [-0.1, -0.05) is 0 Å². The molecule has 1 atom stereocenters. The summed E-state index contributed by atoms with van der Waals surface area (Å²) in [6.45, 7) is 6.14. The molecule has 11 heteroatoms. The van der Waals surface area contributed by atoms with Gasteiger partial charge in [-0.3, -0.25) is 0 Å². The molecule has 37 heavy (non-hydrogen) atoms. The van der Waals surface area contributed by atoms with Gasteiger partial charge >= 0.3 is 6.03 Å². The van der Waals surface area contributed by atoms with Crippen molar-refractivity contribution in [2.75, 3.05) is 17.7 Å². The summed E-state index contributed by atoms with van der Waals surface area (Å²) in [4.78, 5) is 26.4. The van der Waals surface area contributed by atoms with E-state index in [1.165, 1.54) is 17.7 Å². The predicted molar refractivity (Wildman–Crippen MR) is 150 cm³/mol. The van der Waals surface area contributed by atoms with E-state index in [9.17, 15) is 9.35 Å². The molecule has 0 aliphatic carbocycles. The molecule has 0 saturated heterocycles. The van der Waals surface area contributed by atoms with Gasteiger partial charge in [-0.05, 0) is 57.2 Å². The van der Waals surface area contributed by atoms with E-state index in [4.69, 9.17) is 0 Å². The lowest BCUT2D eigenvalue weighted by Gasteiger charge is -2.23. The Bertz CT molecular complexity index is 1340. The van der Waals surface area contributed by atoms with Gasteiger partial charge in [-0.2, -0.15) is 0 Å². The normalized spacial score (nSPS) is 12.1. The van der Waals surface area contributed by atoms with Crippen molar-refractivity contribution in [3.8, 4) is 21.0 Å². The van der Waals surface area contributed by atoms with E-state index in [0.717, 1.165) is 32.3 Å². The molecular formula is C26H29N7O2S2. The Kier molecular flexibility index (Phi) is 8.39. The molecular weight excluding hydrogens is 506 g/mol. The Morgan fingerprint density at radius 2 is 1.73 bits per heavy atom. The van der Waals surface area contributed by atoms with Crippen molar-refractivity contribution < 1.29 is 9.35 Å². The van der Waals surface area contributed by atoms with Crippen LogP contribution >= 0.6 is 11.3 Å². The molecule has 0 fully saturated rings. The number of aromatic nitrogens is 3. The van der Waals surface area contributed by atoms with Crippen LogP contribution in [0, 0.1) is 0 Å². The Hall–Kier alpha value is -3.51. The number of benzene rings is 2. The van der Waals surface area contributed by atoms with Crippen molar-refractivity contribution in [2.24, 2.45) is 0 Å². The maximum Gasteiger partial charge on any atom is 0.319 e. The lowest BCUT2D eigenvalue weighted by Crippen LogP contribution is -2.40. The molecule has 4 rings (SSSR count). The molecule has 0 spiro atoms. The smallest absolute Gasteiger partial charge is 0.319 e. The van der Waals surface area contributed by atoms with Crippen molar-refractivity contribution in [2.45, 2.75) is 37.8 Å². The maximum atomic E-state index is 13.4. The van der Waals surface area contributed by atoms with E-state index >= 15 is 0 Å². The number of amides is 2. The SMILES string of the molecule is CNc1ccc(-c2ncc(-c3ccc(NC(=O)NCc4cncnc4)cc3[S+]([O-])NC(C)(C)C)s2)cc1. The number of hydrogen-bond donors (Lipinski definition) is 4. The van der Waals surface area contributed by atoms with Crippen molar-refractivity contribution in [1.29, 1.82) is 0 Å². The Morgan fingerprint density at radius 3 is 2.41 bits per heavy atom. The first-order chi connectivity index (χ1) is 17.7. The molecule has 0 saturated carbocycles. The quantitative estimate of drug-likeness (QED) is 0.233. The number of urea groups is 1. The number of anilines is 2. The average molecular weight is 536 g/mol. The topological polar surface area (TPSA) is 127 Å². The first-order valence-corrected chi connectivity index (χ1v) is 13.6. The fourth-order valence-electron chi connectivity index (χ4n) is 3.38. The van der Waals surface area contributed by atoms with E-state index in [1.54, 1.807) is 30.7 Å². The summed E-state index contributed by atoms with van der Waals surface area (Å²) in [5.41, 5.74) is 3.75. The zero-order chi connectivity index (χ0) is 26.4. The number of hydrogen-bond acceptors (Lipinski definition) is 8. The lowest BCUT2D eigenvalue weighted by atomic mass is 10.1. The number of carbonyl (C=O) groups excluding carboxylic acids is 1. The zero-order valence-electron chi connectivity index (χ0n) is 21.0. The van der Waals surface area contributed by atoms with E-state index in [0.29, 0.717) is 10.6 Å². The number of nitrogens with one attached hydrogen (secondary N) is 4. The highest BCUT2D eigenvalue weighted by Crippen LogP contribution is 2.37. The maximum absolute atomic E-state index is 13.4. The Morgan fingerprint density at radius 1 is 1.03 bits per heavy atom. The van der Waals surface area contributed by atoms with E-state index < -0.39 is 11.4 Å². The van der Waals surface area contributed by atoms with Gasteiger partial charge < -0.3 is 20.5 Å². The van der Waals surface area contributed by atoms with Crippen LogP contribution in [0.25, 0.3) is 21.0 Å². The second kappa shape index (κ2) is 11.7. The minimum absolute atomic E-state index is 0.286. The van der Waals surface area contributed by atoms with Crippen LogP contribution in [0.4, 0.5) is 16.2 Å². The van der Waals surface area contributed by atoms with E-state index in [2.05, 4.69) is 35.6 Å². The molecule has 0 radical (unpaired) electrons. The summed E-state index contributed by atoms with van der Waals surface area (Å²) < 4.78 is 16.5. The molecule has 9 nitrogen and oxygen atoms in total. The number of thiazole rings is 1. The van der Waals surface area contributed by atoms with Gasteiger partial charge in [0, 0.05) is 60.8 Å². The molecule has 2 heterocycles. The number of rotatable bonds is 8. The van der Waals surface area contributed by atoms with Crippen molar-refractivity contribution in [3.63, 3.8) is 0 Å². The van der Waals surface area contributed by atoms with E-state index in [1.807, 2.05) is 58.2 Å². The van der Waals surface area contributed by atoms with Crippen LogP contribution in [0.3, 0.4) is 0 Å². The van der Waals surface area contributed by atoms with Gasteiger partial charge in [0.05, 0.1) is 27.3 Å². The Labute approximate surface area is 223 Å². The lowest BCUT2D eigenvalue weighted by molar-refractivity contribution is 0.251. The van der Waals surface area contributed by atoms with Gasteiger partial charge in [-0.25, -0.2) is 19.7 Å². The molecule has 0 aliphatic heterocycles. The minimum atomic E-state index is -1.53. The Balaban J connectivity index is 1.58. The zero-order valence-corrected chi connectivity index (χ0v) is 22.7. The highest BCUT2D eigenvalue weighted by molar-refractivity contribution is 7.89. The third-order valence-corrected chi connectivity index (χ3v) is 7.71. The summed E-state index contributed by atoms with van der Waals surface area (Å²) in [7, 11) is 1.88. The largest absolute Gasteiger partial charge is 0.593 e. The minimum Gasteiger partial charge on any atom is -0.593 e. The second-order valence-corrected chi connectivity index (χ2v) is 11.5. The summed E-state index contributed by atoms with van der Waals surface area (Å²) in [6, 6.07) is 13.0. The van der Waals surface area contributed by atoms with Gasteiger partial charge in [0.2, 0.25) is 0 Å². The number of nitrogens with zero attached hydrogens (tertiary/aromatic N) is 3. The highest BCUT2D eigenvalue weighted by Gasteiger charge is 2.26. The molecule has 2 aromatic carbocycles. The summed E-state index contributed by atoms with van der Waals surface area (Å²) >= 11 is -0.00834. The van der Waals surface area contributed by atoms with Gasteiger partial charge in [0.25, 0.3) is 0 Å². The highest BCUT2D eigenvalue weighted by atomic mass is 32.2. The van der Waals surface area contributed by atoms with Gasteiger partial charge in [-0.15, -0.1) is 16.1 Å². The molecule has 0 bridgehead atoms. The molecule has 1 unspecified atom stereocenters. The molecule has 0 aliphatic rings. The van der Waals surface area contributed by atoms with Gasteiger partial charge in [0.15, 0.2) is 4.90 Å². The van der Waals surface area contributed by atoms with Crippen molar-refractivity contribution in [1.82, 2.24) is 25.0 Å². The fourth-order valence-corrected chi connectivity index (χ4v) is 5.68. The third-order valence-electron chi connectivity index (χ3n) is 5.10. The molecule has 2 aromatic heterocycles. The molecule has 4 N–H and O–H groups in total. The van der Waals surface area contributed by atoms with Crippen molar-refractivity contribution in [3.05, 3.63) is 72.9 Å². The standard InChI is InChI=1S/C26H29N7O2S2/c1-26(2,3)33-37(35)23-11-20(32-25(34)31-14-17-12-28-16-29-13-17)9-10-21(23)22-15-30-24(36-22)18-5-7-19(27-4)8-6-18/h5-13,15-16,27,33H,14H2,1-4H3,(H2,31,32,34). The van der Waals surface area contributed by atoms with Gasteiger partial charge in [0.1, 0.15) is 11.3 Å². The summed E-state index contributed by atoms with van der Waals surface area (Å²) in [6.07, 6.45) is 6.50. The van der Waals surface area contributed by atoms with E-state index in [-0.39, 0.29) is 18.1 Å². The van der Waals surface area contributed by atoms with Crippen LogP contribution in [-0.2, 0) is 17.9 Å². The van der Waals surface area contributed by atoms with Crippen LogP contribution in [-0.4, -0.2) is 38.1 Å². The van der Waals surface area contributed by atoms with Crippen LogP contribution in [0.15, 0.2) is 72.3 Å². The van der Waals surface area contributed by atoms with Crippen LogP contribution in [0.5, 0.6) is 0 Å². The second-order valence-electron chi connectivity index (χ2n) is 9.24. The fraction of sp³-hybridized carbons (Fsp3) is 0.231.